The van der Waals surface area contributed by atoms with Crippen molar-refractivity contribution in [3.8, 4) is 11.5 Å². The van der Waals surface area contributed by atoms with E-state index in [0.29, 0.717) is 5.75 Å². The molecule has 0 bridgehead atoms. The summed E-state index contributed by atoms with van der Waals surface area (Å²) >= 11 is 3.37. The Bertz CT molecular complexity index is 609. The first kappa shape index (κ1) is 14.1. The number of rotatable bonds is 4. The van der Waals surface area contributed by atoms with E-state index in [1.165, 1.54) is 6.21 Å². The maximum Gasteiger partial charge on any atom is 0.332 e. The van der Waals surface area contributed by atoms with Gasteiger partial charge >= 0.3 is 6.03 Å². The number of benzene rings is 2. The van der Waals surface area contributed by atoms with Gasteiger partial charge in [-0.05, 0) is 54.1 Å². The summed E-state index contributed by atoms with van der Waals surface area (Å²) in [6.07, 6.45) is 1.49. The minimum Gasteiger partial charge on any atom is -0.457 e. The summed E-state index contributed by atoms with van der Waals surface area (Å²) in [5.74, 6) is 1.47. The van der Waals surface area contributed by atoms with Crippen LogP contribution in [-0.4, -0.2) is 12.2 Å². The Morgan fingerprint density at radius 1 is 1.10 bits per heavy atom. The number of halogens is 1. The summed E-state index contributed by atoms with van der Waals surface area (Å²) in [7, 11) is 0. The molecule has 0 heterocycles. The molecule has 2 rings (SSSR count). The lowest BCUT2D eigenvalue weighted by atomic mass is 10.2. The first-order valence-corrected chi connectivity index (χ1v) is 6.55. The zero-order valence-corrected chi connectivity index (χ0v) is 12.0. The molecule has 0 saturated heterocycles. The Morgan fingerprint density at radius 2 is 1.65 bits per heavy atom. The standard InChI is InChI=1S/C14H12BrN3O2/c15-11-3-7-13(8-4-11)20-12-5-1-10(2-6-12)9-17-18-14(16)19/h1-9H,(H3,16,18,19). The smallest absolute Gasteiger partial charge is 0.332 e. The van der Waals surface area contributed by atoms with Crippen molar-refractivity contribution in [3.05, 3.63) is 58.6 Å². The number of hydrogen-bond acceptors (Lipinski definition) is 3. The molecule has 0 spiro atoms. The molecule has 0 atom stereocenters. The second-order valence-corrected chi connectivity index (χ2v) is 4.77. The Kier molecular flexibility index (Phi) is 4.73. The van der Waals surface area contributed by atoms with Crippen molar-refractivity contribution in [2.24, 2.45) is 10.8 Å². The zero-order chi connectivity index (χ0) is 14.4. The number of hydrazone groups is 1. The van der Waals surface area contributed by atoms with Gasteiger partial charge in [-0.3, -0.25) is 0 Å². The van der Waals surface area contributed by atoms with Crippen molar-refractivity contribution in [2.75, 3.05) is 0 Å². The van der Waals surface area contributed by atoms with Crippen molar-refractivity contribution in [3.63, 3.8) is 0 Å². The van der Waals surface area contributed by atoms with Gasteiger partial charge in [0.2, 0.25) is 0 Å². The van der Waals surface area contributed by atoms with E-state index in [1.54, 1.807) is 0 Å². The van der Waals surface area contributed by atoms with Crippen LogP contribution < -0.4 is 15.9 Å². The molecule has 5 nitrogen and oxygen atoms in total. The number of nitrogens with one attached hydrogen (secondary N) is 1. The number of carbonyl (C=O) groups excluding carboxylic acids is 1. The molecule has 2 aromatic carbocycles. The molecule has 2 aromatic rings. The highest BCUT2D eigenvalue weighted by Gasteiger charge is 1.97. The van der Waals surface area contributed by atoms with Gasteiger partial charge < -0.3 is 10.5 Å². The first-order valence-electron chi connectivity index (χ1n) is 5.75. The second-order valence-electron chi connectivity index (χ2n) is 3.86. The summed E-state index contributed by atoms with van der Waals surface area (Å²) in [5, 5.41) is 3.67. The SMILES string of the molecule is NC(=O)NN=Cc1ccc(Oc2ccc(Br)cc2)cc1. The van der Waals surface area contributed by atoms with Gasteiger partial charge in [0.25, 0.3) is 0 Å². The van der Waals surface area contributed by atoms with Crippen LogP contribution in [0.5, 0.6) is 11.5 Å². The van der Waals surface area contributed by atoms with Crippen LogP contribution in [-0.2, 0) is 0 Å². The molecule has 6 heteroatoms. The normalized spacial score (nSPS) is 10.4. The average Bonchev–Trinajstić information content (AvgIpc) is 2.43. The lowest BCUT2D eigenvalue weighted by Crippen LogP contribution is -2.24. The predicted octanol–water partition coefficient (Wildman–Crippen LogP) is 3.24. The Balaban J connectivity index is 1.99. The highest BCUT2D eigenvalue weighted by molar-refractivity contribution is 9.10. The van der Waals surface area contributed by atoms with Crippen LogP contribution in [0, 0.1) is 0 Å². The lowest BCUT2D eigenvalue weighted by Gasteiger charge is -2.05. The number of nitrogens with zero attached hydrogens (tertiary/aromatic N) is 1. The molecule has 20 heavy (non-hydrogen) atoms. The van der Waals surface area contributed by atoms with Crippen molar-refractivity contribution >= 4 is 28.2 Å². The minimum absolute atomic E-state index is 0.698. The number of carbonyl (C=O) groups is 1. The zero-order valence-electron chi connectivity index (χ0n) is 10.4. The Morgan fingerprint density at radius 3 is 2.20 bits per heavy atom. The minimum atomic E-state index is -0.698. The van der Waals surface area contributed by atoms with Crippen molar-refractivity contribution in [1.82, 2.24) is 5.43 Å². The molecule has 3 N–H and O–H groups in total. The highest BCUT2D eigenvalue weighted by Crippen LogP contribution is 2.23. The fourth-order valence-electron chi connectivity index (χ4n) is 1.43. The lowest BCUT2D eigenvalue weighted by molar-refractivity contribution is 0.249. The number of amides is 2. The van der Waals surface area contributed by atoms with E-state index in [0.717, 1.165) is 15.8 Å². The van der Waals surface area contributed by atoms with Crippen molar-refractivity contribution < 1.29 is 9.53 Å². The molecule has 0 aliphatic heterocycles. The van der Waals surface area contributed by atoms with E-state index >= 15 is 0 Å². The summed E-state index contributed by atoms with van der Waals surface area (Å²) in [6.45, 7) is 0. The molecule has 0 aliphatic carbocycles. The van der Waals surface area contributed by atoms with Crippen molar-refractivity contribution in [1.29, 1.82) is 0 Å². The van der Waals surface area contributed by atoms with Gasteiger partial charge in [0, 0.05) is 4.47 Å². The van der Waals surface area contributed by atoms with Gasteiger partial charge in [0.05, 0.1) is 6.21 Å². The molecule has 0 saturated carbocycles. The van der Waals surface area contributed by atoms with Gasteiger partial charge in [0.1, 0.15) is 11.5 Å². The number of urea groups is 1. The van der Waals surface area contributed by atoms with Crippen LogP contribution >= 0.6 is 15.9 Å². The monoisotopic (exact) mass is 333 g/mol. The van der Waals surface area contributed by atoms with Gasteiger partial charge in [0.15, 0.2) is 0 Å². The molecule has 0 radical (unpaired) electrons. The number of hydrogen-bond donors (Lipinski definition) is 2. The van der Waals surface area contributed by atoms with E-state index in [-0.39, 0.29) is 0 Å². The molecule has 0 fully saturated rings. The van der Waals surface area contributed by atoms with E-state index in [1.807, 2.05) is 48.5 Å². The maximum atomic E-state index is 10.4. The van der Waals surface area contributed by atoms with Crippen LogP contribution in [0.15, 0.2) is 58.1 Å². The fraction of sp³-hybridized carbons (Fsp3) is 0. The molecule has 0 unspecified atom stereocenters. The van der Waals surface area contributed by atoms with Gasteiger partial charge in [-0.1, -0.05) is 15.9 Å². The number of nitrogens with two attached hydrogens (primary N) is 1. The van der Waals surface area contributed by atoms with Crippen LogP contribution in [0.3, 0.4) is 0 Å². The summed E-state index contributed by atoms with van der Waals surface area (Å²) in [5.41, 5.74) is 7.84. The van der Waals surface area contributed by atoms with Gasteiger partial charge in [-0.25, -0.2) is 10.2 Å². The molecular weight excluding hydrogens is 322 g/mol. The molecule has 0 aromatic heterocycles. The first-order chi connectivity index (χ1) is 9.63. The molecular formula is C14H12BrN3O2. The molecule has 2 amide bonds. The largest absolute Gasteiger partial charge is 0.457 e. The third kappa shape index (κ3) is 4.40. The third-order valence-electron chi connectivity index (χ3n) is 2.32. The third-order valence-corrected chi connectivity index (χ3v) is 2.85. The quantitative estimate of drug-likeness (QED) is 0.665. The maximum absolute atomic E-state index is 10.4. The topological polar surface area (TPSA) is 76.7 Å². The summed E-state index contributed by atoms with van der Waals surface area (Å²) in [6, 6.07) is 14.1. The highest BCUT2D eigenvalue weighted by atomic mass is 79.9. The second kappa shape index (κ2) is 6.72. The van der Waals surface area contributed by atoms with Crippen LogP contribution in [0.1, 0.15) is 5.56 Å². The van der Waals surface area contributed by atoms with Crippen molar-refractivity contribution in [2.45, 2.75) is 0 Å². The van der Waals surface area contributed by atoms with E-state index in [9.17, 15) is 4.79 Å². The van der Waals surface area contributed by atoms with Gasteiger partial charge in [-0.2, -0.15) is 5.10 Å². The van der Waals surface area contributed by atoms with Crippen LogP contribution in [0.2, 0.25) is 0 Å². The number of primary amides is 1. The number of ether oxygens (including phenoxy) is 1. The van der Waals surface area contributed by atoms with E-state index < -0.39 is 6.03 Å². The van der Waals surface area contributed by atoms with Gasteiger partial charge in [-0.15, -0.1) is 0 Å². The fourth-order valence-corrected chi connectivity index (χ4v) is 1.70. The summed E-state index contributed by atoms with van der Waals surface area (Å²) < 4.78 is 6.67. The van der Waals surface area contributed by atoms with Crippen LogP contribution in [0.4, 0.5) is 4.79 Å². The Hall–Kier alpha value is -2.34. The molecule has 102 valence electrons. The van der Waals surface area contributed by atoms with E-state index in [4.69, 9.17) is 10.5 Å². The molecule has 0 aliphatic rings. The predicted molar refractivity (Wildman–Crippen MR) is 81.0 cm³/mol. The summed E-state index contributed by atoms with van der Waals surface area (Å²) in [4.78, 5) is 10.4. The van der Waals surface area contributed by atoms with Crippen LogP contribution in [0.25, 0.3) is 0 Å². The van der Waals surface area contributed by atoms with E-state index in [2.05, 4.69) is 26.5 Å². The average molecular weight is 334 g/mol. The Labute approximate surface area is 124 Å².